The molecule has 2 N–H and O–H groups in total. The van der Waals surface area contributed by atoms with Crippen molar-refractivity contribution in [3.63, 3.8) is 0 Å². The summed E-state index contributed by atoms with van der Waals surface area (Å²) in [6.45, 7) is 5.79. The molecule has 0 bridgehead atoms. The van der Waals surface area contributed by atoms with Gasteiger partial charge in [0.25, 0.3) is 0 Å². The van der Waals surface area contributed by atoms with Gasteiger partial charge >= 0.3 is 19.8 Å². The maximum absolute atomic E-state index is 12.4. The molecule has 0 spiro atoms. The van der Waals surface area contributed by atoms with Crippen molar-refractivity contribution in [3.8, 4) is 0 Å². The first-order valence-corrected chi connectivity index (χ1v) is 18.8. The minimum Gasteiger partial charge on any atom is -0.462 e. The zero-order valence-corrected chi connectivity index (χ0v) is 29.0. The number of esters is 2. The summed E-state index contributed by atoms with van der Waals surface area (Å²) in [4.78, 5) is 42.6. The Morgan fingerprint density at radius 2 is 1.42 bits per heavy atom. The van der Waals surface area contributed by atoms with Gasteiger partial charge in [-0.1, -0.05) is 109 Å². The summed E-state index contributed by atoms with van der Waals surface area (Å²) in [6.07, 6.45) is 29.2. The summed E-state index contributed by atoms with van der Waals surface area (Å²) < 4.78 is 31.9. The van der Waals surface area contributed by atoms with E-state index in [9.17, 15) is 14.2 Å². The van der Waals surface area contributed by atoms with Crippen LogP contribution in [0.5, 0.6) is 0 Å². The number of phosphoric acid groups is 1. The Labute approximate surface area is 272 Å². The van der Waals surface area contributed by atoms with E-state index < -0.39 is 32.5 Å². The van der Waals surface area contributed by atoms with E-state index in [0.717, 1.165) is 50.9 Å². The van der Waals surface area contributed by atoms with E-state index in [1.54, 1.807) is 0 Å². The van der Waals surface area contributed by atoms with E-state index in [4.69, 9.17) is 24.0 Å². The third kappa shape index (κ3) is 27.1. The molecule has 1 aliphatic heterocycles. The Bertz CT molecular complexity index is 909. The van der Waals surface area contributed by atoms with Crippen LogP contribution in [-0.2, 0) is 32.9 Å². The lowest BCUT2D eigenvalue weighted by Gasteiger charge is -2.18. The zero-order valence-electron chi connectivity index (χ0n) is 28.1. The van der Waals surface area contributed by atoms with Gasteiger partial charge in [-0.15, -0.1) is 0 Å². The van der Waals surface area contributed by atoms with Gasteiger partial charge in [0.2, 0.25) is 0 Å². The van der Waals surface area contributed by atoms with Crippen LogP contribution >= 0.6 is 7.82 Å². The van der Waals surface area contributed by atoms with Crippen LogP contribution in [0.1, 0.15) is 136 Å². The zero-order chi connectivity index (χ0) is 33.2. The summed E-state index contributed by atoms with van der Waals surface area (Å²) in [5, 5.41) is 0. The molecule has 0 radical (unpaired) electrons. The number of hydrogen-bond acceptors (Lipinski definition) is 7. The molecule has 0 aromatic heterocycles. The van der Waals surface area contributed by atoms with E-state index in [-0.39, 0.29) is 31.7 Å². The van der Waals surface area contributed by atoms with Gasteiger partial charge in [0.05, 0.1) is 18.8 Å². The summed E-state index contributed by atoms with van der Waals surface area (Å²) in [5.41, 5.74) is 0. The summed E-state index contributed by atoms with van der Waals surface area (Å²) in [6, 6.07) is 0. The minimum absolute atomic E-state index is 0.116. The molecule has 0 amide bonds. The summed E-state index contributed by atoms with van der Waals surface area (Å²) in [7, 11) is -4.77. The standard InChI is InChI=1S/C35H61O9P/c1-4-5-6-7-8-9-10-11-12-13-17-20-24-32-33(44-32)25-22-27-35(37)43-31(29-42-45(38,39)40)28-41-34(36)26-21-18-15-14-16-19-23-30(2)3/h8-9,11-12,17,20,30-33H,4-7,10,13-16,18-19,21-29H2,1-3H3,(H2,38,39,40)/b9-8-,12-11-,20-17-/t31-,32?,33?/m1/s1. The lowest BCUT2D eigenvalue weighted by atomic mass is 10.0. The third-order valence-corrected chi connectivity index (χ3v) is 8.00. The average Bonchev–Trinajstić information content (AvgIpc) is 3.73. The van der Waals surface area contributed by atoms with E-state index in [1.807, 2.05) is 0 Å². The number of ether oxygens (including phenoxy) is 3. The fraction of sp³-hybridized carbons (Fsp3) is 0.771. The first-order valence-electron chi connectivity index (χ1n) is 17.3. The second kappa shape index (κ2) is 26.3. The molecule has 0 aliphatic carbocycles. The maximum Gasteiger partial charge on any atom is 0.469 e. The molecule has 1 fully saturated rings. The van der Waals surface area contributed by atoms with Crippen LogP contribution in [0.15, 0.2) is 36.5 Å². The smallest absolute Gasteiger partial charge is 0.462 e. The number of rotatable bonds is 29. The van der Waals surface area contributed by atoms with Crippen LogP contribution in [-0.4, -0.2) is 53.3 Å². The highest BCUT2D eigenvalue weighted by Crippen LogP contribution is 2.36. The molecular weight excluding hydrogens is 595 g/mol. The number of phosphoric ester groups is 1. The van der Waals surface area contributed by atoms with E-state index >= 15 is 0 Å². The van der Waals surface area contributed by atoms with Crippen molar-refractivity contribution in [1.82, 2.24) is 0 Å². The highest BCUT2D eigenvalue weighted by Gasteiger charge is 2.36. The molecule has 1 saturated heterocycles. The highest BCUT2D eigenvalue weighted by atomic mass is 31.2. The molecule has 45 heavy (non-hydrogen) atoms. The predicted molar refractivity (Wildman–Crippen MR) is 179 cm³/mol. The van der Waals surface area contributed by atoms with Crippen molar-refractivity contribution in [3.05, 3.63) is 36.5 Å². The molecule has 2 unspecified atom stereocenters. The molecular formula is C35H61O9P. The van der Waals surface area contributed by atoms with Gasteiger partial charge in [-0.05, 0) is 57.3 Å². The van der Waals surface area contributed by atoms with Crippen LogP contribution in [0.25, 0.3) is 0 Å². The molecule has 1 rings (SSSR count). The van der Waals surface area contributed by atoms with E-state index in [1.165, 1.54) is 38.5 Å². The molecule has 9 nitrogen and oxygen atoms in total. The maximum atomic E-state index is 12.4. The lowest BCUT2D eigenvalue weighted by Crippen LogP contribution is -2.29. The summed E-state index contributed by atoms with van der Waals surface area (Å²) >= 11 is 0. The molecule has 0 saturated carbocycles. The van der Waals surface area contributed by atoms with Gasteiger partial charge in [-0.3, -0.25) is 14.1 Å². The van der Waals surface area contributed by atoms with Crippen LogP contribution in [0.2, 0.25) is 0 Å². The molecule has 1 aliphatic rings. The molecule has 10 heteroatoms. The first-order chi connectivity index (χ1) is 21.6. The Kier molecular flexibility index (Phi) is 24.1. The van der Waals surface area contributed by atoms with Crippen molar-refractivity contribution in [1.29, 1.82) is 0 Å². The number of unbranched alkanes of at least 4 members (excludes halogenated alkanes) is 8. The first kappa shape index (κ1) is 41.3. The van der Waals surface area contributed by atoms with E-state index in [0.29, 0.717) is 19.3 Å². The Morgan fingerprint density at radius 1 is 0.778 bits per heavy atom. The van der Waals surface area contributed by atoms with Crippen LogP contribution in [0.4, 0.5) is 0 Å². The van der Waals surface area contributed by atoms with Crippen molar-refractivity contribution in [2.24, 2.45) is 5.92 Å². The molecule has 3 atom stereocenters. The molecule has 260 valence electrons. The molecule has 0 aromatic rings. The molecule has 1 heterocycles. The minimum atomic E-state index is -4.77. The van der Waals surface area contributed by atoms with Crippen LogP contribution in [0, 0.1) is 5.92 Å². The average molecular weight is 657 g/mol. The monoisotopic (exact) mass is 656 g/mol. The van der Waals surface area contributed by atoms with Crippen LogP contribution < -0.4 is 0 Å². The second-order valence-corrected chi connectivity index (χ2v) is 13.6. The fourth-order valence-electron chi connectivity index (χ4n) is 4.82. The highest BCUT2D eigenvalue weighted by molar-refractivity contribution is 7.46. The van der Waals surface area contributed by atoms with Crippen molar-refractivity contribution >= 4 is 19.8 Å². The van der Waals surface area contributed by atoms with Gasteiger partial charge in [0.1, 0.15) is 6.61 Å². The van der Waals surface area contributed by atoms with Crippen LogP contribution in [0.3, 0.4) is 0 Å². The Hall–Kier alpha value is -1.77. The van der Waals surface area contributed by atoms with Gasteiger partial charge in [-0.25, -0.2) is 4.57 Å². The van der Waals surface area contributed by atoms with Crippen molar-refractivity contribution in [2.75, 3.05) is 13.2 Å². The quantitative estimate of drug-likeness (QED) is 0.0267. The van der Waals surface area contributed by atoms with Gasteiger partial charge in [0.15, 0.2) is 6.10 Å². The number of epoxide rings is 1. The summed E-state index contributed by atoms with van der Waals surface area (Å²) in [5.74, 6) is -0.240. The number of carbonyl (C=O) groups is 2. The molecule has 0 aromatic carbocycles. The fourth-order valence-corrected chi connectivity index (χ4v) is 5.18. The van der Waals surface area contributed by atoms with E-state index in [2.05, 4.69) is 61.8 Å². The van der Waals surface area contributed by atoms with Gasteiger partial charge in [0, 0.05) is 12.8 Å². The number of hydrogen-bond donors (Lipinski definition) is 2. The van der Waals surface area contributed by atoms with Gasteiger partial charge < -0.3 is 24.0 Å². The second-order valence-electron chi connectivity index (χ2n) is 12.4. The number of carbonyl (C=O) groups excluding carboxylic acids is 2. The largest absolute Gasteiger partial charge is 0.469 e. The lowest BCUT2D eigenvalue weighted by molar-refractivity contribution is -0.161. The number of allylic oxidation sites excluding steroid dienone is 5. The van der Waals surface area contributed by atoms with Gasteiger partial charge in [-0.2, -0.15) is 0 Å². The van der Waals surface area contributed by atoms with Crippen molar-refractivity contribution in [2.45, 2.75) is 155 Å². The normalized spacial score (nSPS) is 17.6. The predicted octanol–water partition coefficient (Wildman–Crippen LogP) is 8.68. The topological polar surface area (TPSA) is 132 Å². The Balaban J connectivity index is 2.20. The Morgan fingerprint density at radius 3 is 2.11 bits per heavy atom. The third-order valence-electron chi connectivity index (χ3n) is 7.51. The van der Waals surface area contributed by atoms with Crippen molar-refractivity contribution < 1.29 is 42.7 Å². The SMILES string of the molecule is CCCCC/C=C\C/C=C\C/C=C\CC1OC1CCCC(=O)O[C@H](COC(=O)CCCCCCCCC(C)C)COP(=O)(O)O.